The van der Waals surface area contributed by atoms with Crippen molar-refractivity contribution in [1.82, 2.24) is 0 Å². The summed E-state index contributed by atoms with van der Waals surface area (Å²) in [6.45, 7) is 6.05. The molecule has 0 N–H and O–H groups in total. The average molecular weight is 266 g/mol. The van der Waals surface area contributed by atoms with Crippen LogP contribution in [0.5, 0.6) is 0 Å². The Morgan fingerprint density at radius 1 is 1.22 bits per heavy atom. The fourth-order valence-corrected chi connectivity index (χ4v) is 2.77. The number of Topliss-reactive ketones (excluding diaryl/α,β-unsaturated/α-hetero) is 1. The first-order chi connectivity index (χ1) is 8.58. The van der Waals surface area contributed by atoms with Crippen molar-refractivity contribution in [1.29, 1.82) is 0 Å². The van der Waals surface area contributed by atoms with Gasteiger partial charge in [-0.1, -0.05) is 51.5 Å². The molecule has 3 heteroatoms. The second kappa shape index (κ2) is 7.47. The fraction of sp³-hybridized carbons (Fsp3) is 0.533. The van der Waals surface area contributed by atoms with Gasteiger partial charge < -0.3 is 0 Å². The summed E-state index contributed by atoms with van der Waals surface area (Å²) in [4.78, 5) is 12.0. The van der Waals surface area contributed by atoms with E-state index in [-0.39, 0.29) is 16.8 Å². The Bertz CT molecular complexity index is 409. The molecule has 0 aliphatic carbocycles. The zero-order valence-corrected chi connectivity index (χ0v) is 12.3. The molecule has 0 heterocycles. The van der Waals surface area contributed by atoms with Crippen LogP contribution in [0.3, 0.4) is 0 Å². The lowest BCUT2D eigenvalue weighted by Gasteiger charge is -2.08. The standard InChI is InChI=1S/C15H22O2S/c1-4-6-13-7-9-14(10-8-13)15(16)11-18(17)12(3)5-2/h7-10,12H,4-6,11H2,1-3H3. The van der Waals surface area contributed by atoms with Gasteiger partial charge in [-0.15, -0.1) is 0 Å². The summed E-state index contributed by atoms with van der Waals surface area (Å²) in [6, 6.07) is 7.67. The predicted octanol–water partition coefficient (Wildman–Crippen LogP) is 3.37. The number of rotatable bonds is 7. The first-order valence-corrected chi connectivity index (χ1v) is 7.96. The molecule has 100 valence electrons. The van der Waals surface area contributed by atoms with Crippen molar-refractivity contribution < 1.29 is 9.00 Å². The summed E-state index contributed by atoms with van der Waals surface area (Å²) >= 11 is 0. The first-order valence-electron chi connectivity index (χ1n) is 6.57. The zero-order chi connectivity index (χ0) is 13.5. The van der Waals surface area contributed by atoms with E-state index < -0.39 is 10.8 Å². The summed E-state index contributed by atoms with van der Waals surface area (Å²) < 4.78 is 11.8. The van der Waals surface area contributed by atoms with Crippen LogP contribution in [0.4, 0.5) is 0 Å². The second-order valence-electron chi connectivity index (χ2n) is 4.61. The average Bonchev–Trinajstić information content (AvgIpc) is 2.38. The van der Waals surface area contributed by atoms with Crippen molar-refractivity contribution in [3.8, 4) is 0 Å². The Balaban J connectivity index is 2.64. The summed E-state index contributed by atoms with van der Waals surface area (Å²) in [6.07, 6.45) is 2.98. The van der Waals surface area contributed by atoms with E-state index in [2.05, 4.69) is 6.92 Å². The molecule has 0 aliphatic heterocycles. The largest absolute Gasteiger partial charge is 0.293 e. The molecule has 2 unspecified atom stereocenters. The van der Waals surface area contributed by atoms with E-state index in [1.807, 2.05) is 38.1 Å². The van der Waals surface area contributed by atoms with Crippen molar-refractivity contribution in [3.63, 3.8) is 0 Å². The highest BCUT2D eigenvalue weighted by Crippen LogP contribution is 2.09. The highest BCUT2D eigenvalue weighted by Gasteiger charge is 2.14. The van der Waals surface area contributed by atoms with E-state index in [4.69, 9.17) is 0 Å². The van der Waals surface area contributed by atoms with Crippen molar-refractivity contribution in [3.05, 3.63) is 35.4 Å². The predicted molar refractivity (Wildman–Crippen MR) is 77.5 cm³/mol. The Morgan fingerprint density at radius 2 is 1.83 bits per heavy atom. The normalized spacial score (nSPS) is 14.2. The number of hydrogen-bond acceptors (Lipinski definition) is 2. The van der Waals surface area contributed by atoms with Crippen molar-refractivity contribution in [2.45, 2.75) is 45.3 Å². The van der Waals surface area contributed by atoms with Gasteiger partial charge >= 0.3 is 0 Å². The molecule has 1 aromatic rings. The topological polar surface area (TPSA) is 34.1 Å². The quantitative estimate of drug-likeness (QED) is 0.709. The van der Waals surface area contributed by atoms with Gasteiger partial charge in [0, 0.05) is 21.6 Å². The molecule has 2 atom stereocenters. The van der Waals surface area contributed by atoms with Crippen LogP contribution in [0.1, 0.15) is 49.5 Å². The van der Waals surface area contributed by atoms with Gasteiger partial charge in [0.2, 0.25) is 0 Å². The third-order valence-corrected chi connectivity index (χ3v) is 4.89. The van der Waals surface area contributed by atoms with E-state index in [9.17, 15) is 9.00 Å². The Kier molecular flexibility index (Phi) is 6.27. The van der Waals surface area contributed by atoms with Gasteiger partial charge in [0.15, 0.2) is 5.78 Å². The van der Waals surface area contributed by atoms with Gasteiger partial charge in [0.25, 0.3) is 0 Å². The Labute approximate surface area is 112 Å². The lowest BCUT2D eigenvalue weighted by atomic mass is 10.1. The van der Waals surface area contributed by atoms with E-state index in [0.29, 0.717) is 5.56 Å². The summed E-state index contributed by atoms with van der Waals surface area (Å²) in [5.74, 6) is 0.124. The summed E-state index contributed by atoms with van der Waals surface area (Å²) in [7, 11) is -1.05. The number of aryl methyl sites for hydroxylation is 1. The van der Waals surface area contributed by atoms with Crippen LogP contribution in [-0.4, -0.2) is 21.0 Å². The maximum Gasteiger partial charge on any atom is 0.175 e. The highest BCUT2D eigenvalue weighted by atomic mass is 32.2. The van der Waals surface area contributed by atoms with Gasteiger partial charge in [0.1, 0.15) is 0 Å². The number of benzene rings is 1. The van der Waals surface area contributed by atoms with Crippen molar-refractivity contribution in [2.24, 2.45) is 0 Å². The maximum atomic E-state index is 12.0. The Hall–Kier alpha value is -0.960. The lowest BCUT2D eigenvalue weighted by Crippen LogP contribution is -2.19. The number of carbonyl (C=O) groups excluding carboxylic acids is 1. The van der Waals surface area contributed by atoms with Crippen LogP contribution in [0, 0.1) is 0 Å². The van der Waals surface area contributed by atoms with Crippen LogP contribution in [0.25, 0.3) is 0 Å². The van der Waals surface area contributed by atoms with Crippen LogP contribution >= 0.6 is 0 Å². The molecule has 0 bridgehead atoms. The fourth-order valence-electron chi connectivity index (χ4n) is 1.69. The molecule has 18 heavy (non-hydrogen) atoms. The first kappa shape index (κ1) is 15.1. The molecule has 2 nitrogen and oxygen atoms in total. The number of carbonyl (C=O) groups is 1. The van der Waals surface area contributed by atoms with E-state index in [1.54, 1.807) is 0 Å². The maximum absolute atomic E-state index is 12.0. The lowest BCUT2D eigenvalue weighted by molar-refractivity contribution is 0.102. The summed E-state index contributed by atoms with van der Waals surface area (Å²) in [5.41, 5.74) is 1.92. The third kappa shape index (κ3) is 4.37. The highest BCUT2D eigenvalue weighted by molar-refractivity contribution is 7.86. The third-order valence-electron chi connectivity index (χ3n) is 3.11. The molecule has 0 fully saturated rings. The number of ketones is 1. The molecular formula is C15H22O2S. The van der Waals surface area contributed by atoms with Gasteiger partial charge in [-0.05, 0) is 18.4 Å². The molecule has 0 amide bonds. The second-order valence-corrected chi connectivity index (χ2v) is 6.47. The van der Waals surface area contributed by atoms with Gasteiger partial charge in [-0.3, -0.25) is 9.00 Å². The minimum Gasteiger partial charge on any atom is -0.293 e. The van der Waals surface area contributed by atoms with E-state index >= 15 is 0 Å². The molecule has 0 radical (unpaired) electrons. The molecule has 0 spiro atoms. The Morgan fingerprint density at radius 3 is 2.33 bits per heavy atom. The van der Waals surface area contributed by atoms with Gasteiger partial charge in [0.05, 0.1) is 5.75 Å². The van der Waals surface area contributed by atoms with Gasteiger partial charge in [-0.25, -0.2) is 0 Å². The minimum atomic E-state index is -1.05. The van der Waals surface area contributed by atoms with Crippen LogP contribution in [0.15, 0.2) is 24.3 Å². The van der Waals surface area contributed by atoms with Crippen LogP contribution < -0.4 is 0 Å². The van der Waals surface area contributed by atoms with E-state index in [0.717, 1.165) is 19.3 Å². The van der Waals surface area contributed by atoms with E-state index in [1.165, 1.54) is 5.56 Å². The molecule has 0 aromatic heterocycles. The van der Waals surface area contributed by atoms with Crippen LogP contribution in [-0.2, 0) is 17.2 Å². The molecule has 0 aliphatic rings. The molecular weight excluding hydrogens is 244 g/mol. The molecule has 0 saturated carbocycles. The van der Waals surface area contributed by atoms with Crippen molar-refractivity contribution in [2.75, 3.05) is 5.75 Å². The minimum absolute atomic E-state index is 0.0170. The van der Waals surface area contributed by atoms with Crippen LogP contribution in [0.2, 0.25) is 0 Å². The molecule has 0 saturated heterocycles. The van der Waals surface area contributed by atoms with Gasteiger partial charge in [-0.2, -0.15) is 0 Å². The van der Waals surface area contributed by atoms with Crippen molar-refractivity contribution >= 4 is 16.6 Å². The number of hydrogen-bond donors (Lipinski definition) is 0. The summed E-state index contributed by atoms with van der Waals surface area (Å²) in [5, 5.41) is 0.0910. The molecule has 1 aromatic carbocycles. The molecule has 1 rings (SSSR count). The SMILES string of the molecule is CCCc1ccc(C(=O)CS(=O)C(C)CC)cc1. The monoisotopic (exact) mass is 266 g/mol. The zero-order valence-electron chi connectivity index (χ0n) is 11.4. The smallest absolute Gasteiger partial charge is 0.175 e.